The standard InChI is InChI=1S/C18H37NO2.C6H14N2O2.C5H10N2O3.C5H9NO2/c1-2-3-4-5-6-7-8-9-10-11-12-13-14-15-16-19-17-18(20)21;7-4-2-1-3-5(8)6(9)10;6-3(5(9)10)1-2-4(7)8;7-5(8)4-2-1-3-6-4/h19H,2-17H2,1H3,(H,20,21);5H,1-4,7-8H2,(H,9,10);3H,1-2,6H2,(H2,7,8)(H,9,10);4,6H,1-3H2,(H,7,8)/t;;;4-/m...0/s1. The third kappa shape index (κ3) is 43.1. The zero-order valence-corrected chi connectivity index (χ0v) is 30.0. The molecule has 0 aromatic heterocycles. The predicted molar refractivity (Wildman–Crippen MR) is 192 cm³/mol. The molecule has 1 aliphatic heterocycles. The number of primary amides is 1. The van der Waals surface area contributed by atoms with Crippen molar-refractivity contribution in [3.05, 3.63) is 0 Å². The van der Waals surface area contributed by atoms with Crippen molar-refractivity contribution in [3.63, 3.8) is 0 Å². The van der Waals surface area contributed by atoms with Crippen LogP contribution in [0, 0.1) is 0 Å². The Hall–Kier alpha value is -2.85. The molecular weight excluding hydrogens is 636 g/mol. The summed E-state index contributed by atoms with van der Waals surface area (Å²) < 4.78 is 0. The van der Waals surface area contributed by atoms with Crippen molar-refractivity contribution >= 4 is 29.8 Å². The summed E-state index contributed by atoms with van der Waals surface area (Å²) in [5.74, 6) is -4.06. The van der Waals surface area contributed by atoms with E-state index in [9.17, 15) is 24.0 Å². The second-order valence-electron chi connectivity index (χ2n) is 12.3. The molecule has 15 nitrogen and oxygen atoms in total. The molecule has 1 saturated heterocycles. The fourth-order valence-electron chi connectivity index (χ4n) is 4.59. The van der Waals surface area contributed by atoms with Gasteiger partial charge in [0, 0.05) is 6.42 Å². The van der Waals surface area contributed by atoms with Crippen molar-refractivity contribution in [1.82, 2.24) is 10.6 Å². The molecule has 49 heavy (non-hydrogen) atoms. The Morgan fingerprint density at radius 1 is 0.714 bits per heavy atom. The van der Waals surface area contributed by atoms with E-state index in [4.69, 9.17) is 43.4 Å². The molecule has 1 fully saturated rings. The van der Waals surface area contributed by atoms with Crippen LogP contribution in [0.1, 0.15) is 142 Å². The highest BCUT2D eigenvalue weighted by Gasteiger charge is 2.20. The van der Waals surface area contributed by atoms with E-state index < -0.39 is 41.9 Å². The van der Waals surface area contributed by atoms with Gasteiger partial charge in [-0.2, -0.15) is 0 Å². The summed E-state index contributed by atoms with van der Waals surface area (Å²) >= 11 is 0. The predicted octanol–water partition coefficient (Wildman–Crippen LogP) is 3.16. The van der Waals surface area contributed by atoms with Crippen LogP contribution < -0.4 is 33.6 Å². The topological polar surface area (TPSA) is 294 Å². The van der Waals surface area contributed by atoms with Crippen LogP contribution in [0.4, 0.5) is 0 Å². The molecule has 290 valence electrons. The van der Waals surface area contributed by atoms with Crippen molar-refractivity contribution < 1.29 is 44.4 Å². The SMILES string of the molecule is CCCCCCCCCCCCCCCCNCC(=O)O.NC(=O)CCC(N)C(=O)O.NCCCCC(N)C(=O)O.O=C(O)[C@@H]1CCCN1. The second-order valence-corrected chi connectivity index (χ2v) is 12.3. The third-order valence-electron chi connectivity index (χ3n) is 7.65. The fraction of sp³-hybridized carbons (Fsp3) is 0.853. The first kappa shape index (κ1) is 50.5. The fourth-order valence-corrected chi connectivity index (χ4v) is 4.59. The van der Waals surface area contributed by atoms with E-state index >= 15 is 0 Å². The summed E-state index contributed by atoms with van der Waals surface area (Å²) in [6, 6.07) is -1.96. The van der Waals surface area contributed by atoms with E-state index in [0.717, 1.165) is 45.2 Å². The van der Waals surface area contributed by atoms with Crippen LogP contribution in [-0.2, 0) is 24.0 Å². The van der Waals surface area contributed by atoms with Crippen LogP contribution in [0.2, 0.25) is 0 Å². The molecule has 15 heteroatoms. The molecule has 14 N–H and O–H groups in total. The van der Waals surface area contributed by atoms with Gasteiger partial charge < -0.3 is 54.0 Å². The van der Waals surface area contributed by atoms with E-state index in [-0.39, 0.29) is 25.4 Å². The Labute approximate surface area is 293 Å². The number of amides is 1. The maximum Gasteiger partial charge on any atom is 0.320 e. The number of nitrogens with two attached hydrogens (primary N) is 4. The average molecular weight is 707 g/mol. The highest BCUT2D eigenvalue weighted by Crippen LogP contribution is 2.12. The monoisotopic (exact) mass is 707 g/mol. The van der Waals surface area contributed by atoms with Gasteiger partial charge in [0.2, 0.25) is 5.91 Å². The Morgan fingerprint density at radius 2 is 1.18 bits per heavy atom. The summed E-state index contributed by atoms with van der Waals surface area (Å²) in [7, 11) is 0. The largest absolute Gasteiger partial charge is 0.480 e. The number of nitrogens with one attached hydrogen (secondary N) is 2. The lowest BCUT2D eigenvalue weighted by atomic mass is 10.0. The van der Waals surface area contributed by atoms with Crippen molar-refractivity contribution in [2.24, 2.45) is 22.9 Å². The molecule has 1 aliphatic rings. The highest BCUT2D eigenvalue weighted by molar-refractivity contribution is 5.77. The van der Waals surface area contributed by atoms with Crippen LogP contribution in [-0.4, -0.2) is 94.5 Å². The lowest BCUT2D eigenvalue weighted by Gasteiger charge is -2.03. The minimum absolute atomic E-state index is 0.0213. The van der Waals surface area contributed by atoms with Gasteiger partial charge in [0.1, 0.15) is 18.1 Å². The molecule has 1 amide bonds. The summed E-state index contributed by atoms with van der Waals surface area (Å²) in [4.78, 5) is 50.7. The maximum absolute atomic E-state index is 10.3. The van der Waals surface area contributed by atoms with E-state index in [2.05, 4.69) is 17.6 Å². The molecule has 0 radical (unpaired) electrons. The second kappa shape index (κ2) is 38.0. The van der Waals surface area contributed by atoms with Crippen LogP contribution in [0.5, 0.6) is 0 Å². The number of carboxylic acid groups (broad SMARTS) is 4. The molecule has 0 spiro atoms. The van der Waals surface area contributed by atoms with Gasteiger partial charge in [0.25, 0.3) is 0 Å². The molecule has 3 atom stereocenters. The van der Waals surface area contributed by atoms with Crippen LogP contribution >= 0.6 is 0 Å². The highest BCUT2D eigenvalue weighted by atomic mass is 16.4. The van der Waals surface area contributed by atoms with Gasteiger partial charge in [-0.1, -0.05) is 96.8 Å². The van der Waals surface area contributed by atoms with E-state index in [1.807, 2.05) is 0 Å². The number of rotatable bonds is 27. The molecule has 0 aromatic rings. The van der Waals surface area contributed by atoms with Gasteiger partial charge in [-0.25, -0.2) is 0 Å². The van der Waals surface area contributed by atoms with Gasteiger partial charge in [0.05, 0.1) is 6.54 Å². The molecule has 1 heterocycles. The molecule has 0 aromatic carbocycles. The first-order valence-electron chi connectivity index (χ1n) is 18.1. The third-order valence-corrected chi connectivity index (χ3v) is 7.65. The van der Waals surface area contributed by atoms with E-state index in [1.54, 1.807) is 0 Å². The van der Waals surface area contributed by atoms with Crippen LogP contribution in [0.15, 0.2) is 0 Å². The number of carboxylic acids is 4. The lowest BCUT2D eigenvalue weighted by Crippen LogP contribution is -2.31. The molecule has 2 unspecified atom stereocenters. The number of carbonyl (C=O) groups is 5. The minimum Gasteiger partial charge on any atom is -0.480 e. The Bertz CT molecular complexity index is 830. The van der Waals surface area contributed by atoms with Crippen molar-refractivity contribution in [2.75, 3.05) is 26.2 Å². The smallest absolute Gasteiger partial charge is 0.320 e. The summed E-state index contributed by atoms with van der Waals surface area (Å²) in [6.07, 6.45) is 23.1. The van der Waals surface area contributed by atoms with E-state index in [0.29, 0.717) is 13.0 Å². The van der Waals surface area contributed by atoms with Gasteiger partial charge in [0.15, 0.2) is 0 Å². The van der Waals surface area contributed by atoms with Gasteiger partial charge in [-0.15, -0.1) is 0 Å². The minimum atomic E-state index is -1.11. The quantitative estimate of drug-likeness (QED) is 0.0549. The van der Waals surface area contributed by atoms with Gasteiger partial charge in [-0.05, 0) is 58.2 Å². The molecule has 0 bridgehead atoms. The normalized spacial score (nSPS) is 14.5. The van der Waals surface area contributed by atoms with Crippen molar-refractivity contribution in [2.45, 2.75) is 160 Å². The molecule has 0 aliphatic carbocycles. The Kier molecular flexibility index (Phi) is 39.1. The van der Waals surface area contributed by atoms with E-state index in [1.165, 1.54) is 83.5 Å². The number of hydrogen-bond donors (Lipinski definition) is 10. The Morgan fingerprint density at radius 3 is 1.53 bits per heavy atom. The van der Waals surface area contributed by atoms with Gasteiger partial charge in [-0.3, -0.25) is 24.0 Å². The summed E-state index contributed by atoms with van der Waals surface area (Å²) in [5, 5.41) is 39.1. The van der Waals surface area contributed by atoms with Crippen LogP contribution in [0.3, 0.4) is 0 Å². The number of unbranched alkanes of at least 4 members (excludes halogenated alkanes) is 14. The first-order chi connectivity index (χ1) is 23.3. The zero-order chi connectivity index (χ0) is 37.7. The summed E-state index contributed by atoms with van der Waals surface area (Å²) in [5.41, 5.74) is 20.2. The number of aliphatic carboxylic acids is 4. The number of carbonyl (C=O) groups excluding carboxylic acids is 1. The van der Waals surface area contributed by atoms with Crippen LogP contribution in [0.25, 0.3) is 0 Å². The Balaban J connectivity index is -0.000000631. The number of hydrogen-bond acceptors (Lipinski definition) is 10. The molecule has 1 rings (SSSR count). The average Bonchev–Trinajstić information content (AvgIpc) is 3.60. The van der Waals surface area contributed by atoms with Crippen molar-refractivity contribution in [3.8, 4) is 0 Å². The maximum atomic E-state index is 10.3. The zero-order valence-electron chi connectivity index (χ0n) is 30.0. The lowest BCUT2D eigenvalue weighted by molar-refractivity contribution is -0.139. The van der Waals surface area contributed by atoms with Gasteiger partial charge >= 0.3 is 23.9 Å². The summed E-state index contributed by atoms with van der Waals surface area (Å²) in [6.45, 7) is 4.67. The van der Waals surface area contributed by atoms with Crippen molar-refractivity contribution in [1.29, 1.82) is 0 Å². The molecule has 0 saturated carbocycles. The molecular formula is C34H70N6O9. The first-order valence-corrected chi connectivity index (χ1v) is 18.1.